The first-order chi connectivity index (χ1) is 8.11. The number of carbonyl (C=O) groups is 1. The third-order valence-corrected chi connectivity index (χ3v) is 3.82. The number of nitrogens with zero attached hydrogens (tertiary/aromatic N) is 3. The maximum atomic E-state index is 12.3. The van der Waals surface area contributed by atoms with Crippen LogP contribution in [-0.4, -0.2) is 33.7 Å². The van der Waals surface area contributed by atoms with Gasteiger partial charge >= 0.3 is 0 Å². The Bertz CT molecular complexity index is 390. The Hall–Kier alpha value is -1.03. The first-order valence-corrected chi connectivity index (χ1v) is 6.43. The number of hydrogen-bond donors (Lipinski definition) is 0. The number of carbonyl (C=O) groups excluding carboxylic acids is 1. The van der Waals surface area contributed by atoms with Crippen LogP contribution in [0, 0.1) is 0 Å². The molecule has 1 saturated carbocycles. The molecule has 1 aliphatic rings. The van der Waals surface area contributed by atoms with Gasteiger partial charge in [0, 0.05) is 20.1 Å². The molecule has 1 fully saturated rings. The third-order valence-electron chi connectivity index (χ3n) is 3.54. The molecule has 0 spiro atoms. The molecule has 0 atom stereocenters. The standard InChI is InChI=1S/C12H18ClN3O/c1-15(9-6-4-3-5-7-9)12(17)11-10(13)8-14-16(11)2/h8-9H,3-7H2,1-2H3. The van der Waals surface area contributed by atoms with Crippen LogP contribution in [0.15, 0.2) is 6.20 Å². The zero-order valence-electron chi connectivity index (χ0n) is 10.3. The maximum Gasteiger partial charge on any atom is 0.273 e. The third kappa shape index (κ3) is 2.46. The highest BCUT2D eigenvalue weighted by atomic mass is 35.5. The Morgan fingerprint density at radius 3 is 2.65 bits per heavy atom. The van der Waals surface area contributed by atoms with E-state index in [4.69, 9.17) is 11.6 Å². The number of rotatable bonds is 2. The molecule has 0 aliphatic heterocycles. The molecule has 0 N–H and O–H groups in total. The van der Waals surface area contributed by atoms with Gasteiger partial charge in [-0.2, -0.15) is 5.10 Å². The fourth-order valence-corrected chi connectivity index (χ4v) is 2.70. The SMILES string of the molecule is CN(C(=O)c1c(Cl)cnn1C)C1CCCCC1. The first-order valence-electron chi connectivity index (χ1n) is 6.06. The topological polar surface area (TPSA) is 38.1 Å². The van der Waals surface area contributed by atoms with E-state index in [-0.39, 0.29) is 5.91 Å². The minimum absolute atomic E-state index is 0.0260. The Kier molecular flexibility index (Phi) is 3.72. The predicted octanol–water partition coefficient (Wildman–Crippen LogP) is 2.48. The lowest BCUT2D eigenvalue weighted by Gasteiger charge is -2.31. The Balaban J connectivity index is 2.14. The Morgan fingerprint density at radius 2 is 2.12 bits per heavy atom. The molecule has 1 aromatic heterocycles. The molecular weight excluding hydrogens is 238 g/mol. The van der Waals surface area contributed by atoms with Gasteiger partial charge in [0.25, 0.3) is 5.91 Å². The second kappa shape index (κ2) is 5.08. The van der Waals surface area contributed by atoms with Gasteiger partial charge in [-0.3, -0.25) is 9.48 Å². The number of aryl methyl sites for hydroxylation is 1. The van der Waals surface area contributed by atoms with Crippen molar-refractivity contribution in [3.8, 4) is 0 Å². The van der Waals surface area contributed by atoms with E-state index in [1.165, 1.54) is 25.5 Å². The lowest BCUT2D eigenvalue weighted by molar-refractivity contribution is 0.0685. The van der Waals surface area contributed by atoms with Crippen molar-refractivity contribution in [3.05, 3.63) is 16.9 Å². The highest BCUT2D eigenvalue weighted by Gasteiger charge is 2.26. The van der Waals surface area contributed by atoms with Crippen LogP contribution in [0.1, 0.15) is 42.6 Å². The molecule has 0 bridgehead atoms. The Labute approximate surface area is 107 Å². The lowest BCUT2D eigenvalue weighted by Crippen LogP contribution is -2.39. The fraction of sp³-hybridized carbons (Fsp3) is 0.667. The number of halogens is 1. The predicted molar refractivity (Wildman–Crippen MR) is 67.2 cm³/mol. The molecule has 0 unspecified atom stereocenters. The van der Waals surface area contributed by atoms with Crippen molar-refractivity contribution in [2.24, 2.45) is 7.05 Å². The minimum Gasteiger partial charge on any atom is -0.337 e. The van der Waals surface area contributed by atoms with Gasteiger partial charge in [0.15, 0.2) is 0 Å². The van der Waals surface area contributed by atoms with Gasteiger partial charge in [-0.25, -0.2) is 0 Å². The van der Waals surface area contributed by atoms with Crippen LogP contribution in [0.3, 0.4) is 0 Å². The molecule has 0 saturated heterocycles. The number of amides is 1. The molecule has 1 aromatic rings. The molecule has 17 heavy (non-hydrogen) atoms. The highest BCUT2D eigenvalue weighted by Crippen LogP contribution is 2.24. The molecule has 94 valence electrons. The summed E-state index contributed by atoms with van der Waals surface area (Å²) in [6.45, 7) is 0. The fourth-order valence-electron chi connectivity index (χ4n) is 2.45. The summed E-state index contributed by atoms with van der Waals surface area (Å²) in [5.74, 6) is -0.0260. The van der Waals surface area contributed by atoms with E-state index in [1.54, 1.807) is 11.7 Å². The average molecular weight is 256 g/mol. The van der Waals surface area contributed by atoms with Gasteiger partial charge in [-0.05, 0) is 12.8 Å². The van der Waals surface area contributed by atoms with Crippen molar-refractivity contribution in [1.82, 2.24) is 14.7 Å². The van der Waals surface area contributed by atoms with Crippen LogP contribution in [0.4, 0.5) is 0 Å². The van der Waals surface area contributed by atoms with Crippen molar-refractivity contribution in [3.63, 3.8) is 0 Å². The summed E-state index contributed by atoms with van der Waals surface area (Å²) in [7, 11) is 3.61. The second-order valence-electron chi connectivity index (χ2n) is 4.67. The molecule has 5 heteroatoms. The van der Waals surface area contributed by atoms with Crippen molar-refractivity contribution in [2.45, 2.75) is 38.1 Å². The molecule has 4 nitrogen and oxygen atoms in total. The van der Waals surface area contributed by atoms with E-state index in [0.717, 1.165) is 12.8 Å². The van der Waals surface area contributed by atoms with Crippen molar-refractivity contribution in [1.29, 1.82) is 0 Å². The van der Waals surface area contributed by atoms with Crippen molar-refractivity contribution >= 4 is 17.5 Å². The van der Waals surface area contributed by atoms with Crippen molar-refractivity contribution < 1.29 is 4.79 Å². The largest absolute Gasteiger partial charge is 0.337 e. The van der Waals surface area contributed by atoms with Crippen molar-refractivity contribution in [2.75, 3.05) is 7.05 Å². The van der Waals surface area contributed by atoms with Gasteiger partial charge < -0.3 is 4.90 Å². The van der Waals surface area contributed by atoms with Crippen LogP contribution in [0.5, 0.6) is 0 Å². The van der Waals surface area contributed by atoms with E-state index in [1.807, 2.05) is 11.9 Å². The zero-order valence-corrected chi connectivity index (χ0v) is 11.1. The highest BCUT2D eigenvalue weighted by molar-refractivity contribution is 6.33. The smallest absolute Gasteiger partial charge is 0.273 e. The number of hydrogen-bond acceptors (Lipinski definition) is 2. The maximum absolute atomic E-state index is 12.3. The first kappa shape index (κ1) is 12.4. The molecule has 1 aliphatic carbocycles. The summed E-state index contributed by atoms with van der Waals surface area (Å²) in [6.07, 6.45) is 7.41. The molecule has 1 amide bonds. The van der Waals surface area contributed by atoms with Gasteiger partial charge in [-0.1, -0.05) is 30.9 Å². The van der Waals surface area contributed by atoms with Crippen LogP contribution in [0.25, 0.3) is 0 Å². The van der Waals surface area contributed by atoms with Crippen LogP contribution in [-0.2, 0) is 7.05 Å². The molecule has 2 rings (SSSR count). The van der Waals surface area contributed by atoms with Gasteiger partial charge in [0.05, 0.1) is 11.2 Å². The zero-order chi connectivity index (χ0) is 12.4. The monoisotopic (exact) mass is 255 g/mol. The molecular formula is C12H18ClN3O. The lowest BCUT2D eigenvalue weighted by atomic mass is 9.94. The van der Waals surface area contributed by atoms with E-state index < -0.39 is 0 Å². The normalized spacial score (nSPS) is 17.1. The molecule has 0 aromatic carbocycles. The van der Waals surface area contributed by atoms with Crippen LogP contribution < -0.4 is 0 Å². The molecule has 1 heterocycles. The summed E-state index contributed by atoms with van der Waals surface area (Å²) in [4.78, 5) is 14.1. The number of aromatic nitrogens is 2. The quantitative estimate of drug-likeness (QED) is 0.814. The summed E-state index contributed by atoms with van der Waals surface area (Å²) >= 11 is 5.99. The van der Waals surface area contributed by atoms with E-state index in [9.17, 15) is 4.79 Å². The van der Waals surface area contributed by atoms with Gasteiger partial charge in [0.1, 0.15) is 5.69 Å². The summed E-state index contributed by atoms with van der Waals surface area (Å²) < 4.78 is 1.55. The van der Waals surface area contributed by atoms with E-state index in [0.29, 0.717) is 16.8 Å². The van der Waals surface area contributed by atoms with Crippen LogP contribution in [0.2, 0.25) is 5.02 Å². The average Bonchev–Trinajstić information content (AvgIpc) is 2.68. The summed E-state index contributed by atoms with van der Waals surface area (Å²) in [6, 6.07) is 0.349. The Morgan fingerprint density at radius 1 is 1.47 bits per heavy atom. The summed E-state index contributed by atoms with van der Waals surface area (Å²) in [5, 5.41) is 4.43. The van der Waals surface area contributed by atoms with Gasteiger partial charge in [-0.15, -0.1) is 0 Å². The summed E-state index contributed by atoms with van der Waals surface area (Å²) in [5.41, 5.74) is 0.486. The van der Waals surface area contributed by atoms with Crippen LogP contribution >= 0.6 is 11.6 Å². The molecule has 0 radical (unpaired) electrons. The minimum atomic E-state index is -0.0260. The van der Waals surface area contributed by atoms with Gasteiger partial charge in [0.2, 0.25) is 0 Å². The van der Waals surface area contributed by atoms with E-state index in [2.05, 4.69) is 5.10 Å². The second-order valence-corrected chi connectivity index (χ2v) is 5.08. The van der Waals surface area contributed by atoms with E-state index >= 15 is 0 Å².